The summed E-state index contributed by atoms with van der Waals surface area (Å²) in [5.74, 6) is -1.74. The summed E-state index contributed by atoms with van der Waals surface area (Å²) < 4.78 is 131. The second-order valence-corrected chi connectivity index (χ2v) is 17.3. The Labute approximate surface area is 503 Å². The molecular formula is C55H106N2O28. The summed E-state index contributed by atoms with van der Waals surface area (Å²) in [5, 5.41) is 0.517. The van der Waals surface area contributed by atoms with E-state index >= 15 is 0 Å². The second kappa shape index (κ2) is 70.7. The first-order valence-electron chi connectivity index (χ1n) is 29.8. The van der Waals surface area contributed by atoms with Gasteiger partial charge in [0.1, 0.15) is 0 Å². The van der Waals surface area contributed by atoms with E-state index in [0.717, 1.165) is 0 Å². The smallest absolute Gasteiger partial charge is 0.335 e. The molecule has 0 saturated carbocycles. The number of nitrogens with two attached hydrogens (primary N) is 1. The summed E-state index contributed by atoms with van der Waals surface area (Å²) in [4.78, 5) is 39.3. The Bertz CT molecular complexity index is 1360. The van der Waals surface area contributed by atoms with Gasteiger partial charge in [-0.15, -0.1) is 5.06 Å². The van der Waals surface area contributed by atoms with Gasteiger partial charge in [0.25, 0.3) is 11.8 Å². The minimum absolute atomic E-state index is 0.0522. The van der Waals surface area contributed by atoms with Gasteiger partial charge in [0.15, 0.2) is 0 Å². The van der Waals surface area contributed by atoms with E-state index in [1.54, 1.807) is 0 Å². The van der Waals surface area contributed by atoms with Crippen LogP contribution in [0.3, 0.4) is 0 Å². The quantitative estimate of drug-likeness (QED) is 0.0584. The first-order chi connectivity index (χ1) is 42.1. The van der Waals surface area contributed by atoms with E-state index in [2.05, 4.69) is 0 Å². The van der Waals surface area contributed by atoms with Crippen LogP contribution in [0.2, 0.25) is 0 Å². The summed E-state index contributed by atoms with van der Waals surface area (Å²) in [6.07, 6.45) is 0.0223. The maximum absolute atomic E-state index is 11.7. The van der Waals surface area contributed by atoms with Crippen molar-refractivity contribution in [3.63, 3.8) is 0 Å². The van der Waals surface area contributed by atoms with Crippen LogP contribution in [0.5, 0.6) is 0 Å². The second-order valence-electron chi connectivity index (χ2n) is 17.3. The van der Waals surface area contributed by atoms with Gasteiger partial charge in [-0.1, -0.05) is 0 Å². The number of imide groups is 1. The molecule has 0 bridgehead atoms. The lowest BCUT2D eigenvalue weighted by Gasteiger charge is -2.12. The highest BCUT2D eigenvalue weighted by atomic mass is 16.7. The van der Waals surface area contributed by atoms with Crippen LogP contribution in [0.15, 0.2) is 0 Å². The molecule has 30 heteroatoms. The number of rotatable bonds is 75. The number of hydroxylamine groups is 2. The lowest BCUT2D eigenvalue weighted by Crippen LogP contribution is -2.32. The highest BCUT2D eigenvalue weighted by molar-refractivity contribution is 6.01. The summed E-state index contributed by atoms with van der Waals surface area (Å²) in [6, 6.07) is 0. The monoisotopic (exact) mass is 1240 g/mol. The van der Waals surface area contributed by atoms with Gasteiger partial charge in [-0.2, -0.15) is 0 Å². The molecule has 1 saturated heterocycles. The summed E-state index contributed by atoms with van der Waals surface area (Å²) >= 11 is 0. The fraction of sp³-hybridized carbons (Fsp3) is 0.945. The molecular weight excluding hydrogens is 1140 g/mol. The molecule has 1 aliphatic rings. The van der Waals surface area contributed by atoms with Crippen LogP contribution in [0.4, 0.5) is 0 Å². The molecule has 85 heavy (non-hydrogen) atoms. The number of hydrogen-bond acceptors (Lipinski definition) is 29. The standard InChI is InChI=1S/C55H106N2O28/c56-4-6-62-8-10-64-12-14-66-16-18-68-20-22-70-24-26-72-28-30-74-32-34-76-36-38-78-40-42-80-44-46-82-48-50-84-52-51-83-49-47-81-45-43-79-41-39-77-37-35-75-33-31-73-29-27-71-25-23-69-21-19-67-17-15-65-13-11-63-9-7-61-5-3-55(60)85-57-53(58)1-2-54(57)59/h1-52,56H2. The molecule has 1 heterocycles. The van der Waals surface area contributed by atoms with E-state index in [-0.39, 0.29) is 32.5 Å². The average molecular weight is 1240 g/mol. The molecule has 30 nitrogen and oxygen atoms in total. The number of ether oxygens (including phenoxy) is 24. The number of hydrogen-bond donors (Lipinski definition) is 1. The third-order valence-electron chi connectivity index (χ3n) is 10.5. The SMILES string of the molecule is NCCOCCOCCOCCOCCOCCOCCOCCOCCOCCOCCOCCOCCOCCOCCOCCOCCOCCOCCOCCOCCOCCOCCOCCOCCC(=O)ON1C(=O)CCC1=O. The van der Waals surface area contributed by atoms with E-state index < -0.39 is 17.8 Å². The van der Waals surface area contributed by atoms with Crippen LogP contribution < -0.4 is 5.73 Å². The fourth-order valence-corrected chi connectivity index (χ4v) is 6.20. The normalized spacial score (nSPS) is 12.7. The zero-order valence-corrected chi connectivity index (χ0v) is 50.7. The fourth-order valence-electron chi connectivity index (χ4n) is 6.20. The summed E-state index contributed by atoms with van der Waals surface area (Å²) in [5.41, 5.74) is 5.35. The van der Waals surface area contributed by atoms with Crippen molar-refractivity contribution in [3.05, 3.63) is 0 Å². The van der Waals surface area contributed by atoms with E-state index in [1.807, 2.05) is 0 Å². The maximum Gasteiger partial charge on any atom is 0.335 e. The van der Waals surface area contributed by atoms with E-state index in [1.165, 1.54) is 0 Å². The molecule has 0 aromatic rings. The van der Waals surface area contributed by atoms with Crippen molar-refractivity contribution in [1.29, 1.82) is 0 Å². The first-order valence-corrected chi connectivity index (χ1v) is 29.8. The Morgan fingerprint density at radius 2 is 0.365 bits per heavy atom. The number of carbonyl (C=O) groups excluding carboxylic acids is 3. The molecule has 0 aliphatic carbocycles. The summed E-state index contributed by atoms with van der Waals surface area (Å²) in [7, 11) is 0. The minimum Gasteiger partial charge on any atom is -0.378 e. The molecule has 1 aliphatic heterocycles. The Hall–Kier alpha value is -2.39. The molecule has 504 valence electrons. The van der Waals surface area contributed by atoms with Gasteiger partial charge in [-0.3, -0.25) is 9.59 Å². The third kappa shape index (κ3) is 64.4. The van der Waals surface area contributed by atoms with Crippen LogP contribution in [-0.2, 0) is 133 Å². The van der Waals surface area contributed by atoms with Crippen molar-refractivity contribution in [2.24, 2.45) is 5.73 Å². The van der Waals surface area contributed by atoms with Crippen molar-refractivity contribution >= 4 is 17.8 Å². The van der Waals surface area contributed by atoms with Crippen molar-refractivity contribution < 1.29 is 133 Å². The molecule has 1 rings (SSSR count). The van der Waals surface area contributed by atoms with Crippen LogP contribution in [-0.4, -0.2) is 347 Å². The van der Waals surface area contributed by atoms with Crippen molar-refractivity contribution in [2.45, 2.75) is 19.3 Å². The summed E-state index contributed by atoms with van der Waals surface area (Å²) in [6.45, 7) is 22.7. The molecule has 2 amide bonds. The third-order valence-corrected chi connectivity index (χ3v) is 10.5. The van der Waals surface area contributed by atoms with Gasteiger partial charge >= 0.3 is 5.97 Å². The first kappa shape index (κ1) is 80.6. The Kier molecular flexibility index (Phi) is 67.1. The molecule has 0 aromatic carbocycles. The largest absolute Gasteiger partial charge is 0.378 e. The maximum atomic E-state index is 11.7. The van der Waals surface area contributed by atoms with Crippen molar-refractivity contribution in [2.75, 3.05) is 324 Å². The Morgan fingerprint density at radius 3 is 0.506 bits per heavy atom. The van der Waals surface area contributed by atoms with Crippen molar-refractivity contribution in [3.8, 4) is 0 Å². The van der Waals surface area contributed by atoms with Crippen LogP contribution in [0.1, 0.15) is 19.3 Å². The molecule has 0 spiro atoms. The molecule has 0 radical (unpaired) electrons. The van der Waals surface area contributed by atoms with Gasteiger partial charge in [-0.05, 0) is 0 Å². The lowest BCUT2D eigenvalue weighted by atomic mass is 10.4. The van der Waals surface area contributed by atoms with Gasteiger partial charge in [0.05, 0.1) is 324 Å². The van der Waals surface area contributed by atoms with Crippen molar-refractivity contribution in [1.82, 2.24) is 5.06 Å². The van der Waals surface area contributed by atoms with Crippen LogP contribution >= 0.6 is 0 Å². The molecule has 2 N–H and O–H groups in total. The number of nitrogens with zero attached hydrogens (tertiary/aromatic N) is 1. The van der Waals surface area contributed by atoms with E-state index in [0.29, 0.717) is 316 Å². The Balaban J connectivity index is 1.59. The molecule has 0 atom stereocenters. The highest BCUT2D eigenvalue weighted by Crippen LogP contribution is 2.12. The average Bonchev–Trinajstić information content (AvgIpc) is 4.03. The highest BCUT2D eigenvalue weighted by Gasteiger charge is 2.32. The lowest BCUT2D eigenvalue weighted by molar-refractivity contribution is -0.198. The van der Waals surface area contributed by atoms with Gasteiger partial charge in [0, 0.05) is 19.4 Å². The topological polar surface area (TPSA) is 311 Å². The van der Waals surface area contributed by atoms with Gasteiger partial charge < -0.3 is 124 Å². The number of carbonyl (C=O) groups is 3. The molecule has 0 aromatic heterocycles. The zero-order chi connectivity index (χ0) is 60.8. The molecule has 1 fully saturated rings. The van der Waals surface area contributed by atoms with E-state index in [4.69, 9.17) is 124 Å². The predicted molar refractivity (Wildman–Crippen MR) is 301 cm³/mol. The zero-order valence-electron chi connectivity index (χ0n) is 50.7. The van der Waals surface area contributed by atoms with Crippen LogP contribution in [0, 0.1) is 0 Å². The van der Waals surface area contributed by atoms with Gasteiger partial charge in [0.2, 0.25) is 0 Å². The Morgan fingerprint density at radius 1 is 0.235 bits per heavy atom. The van der Waals surface area contributed by atoms with Crippen LogP contribution in [0.25, 0.3) is 0 Å². The number of amides is 2. The predicted octanol–water partition coefficient (Wildman–Crippen LogP) is -0.659. The van der Waals surface area contributed by atoms with Gasteiger partial charge in [-0.25, -0.2) is 4.79 Å². The minimum atomic E-state index is -0.705. The molecule has 0 unspecified atom stereocenters. The van der Waals surface area contributed by atoms with E-state index in [9.17, 15) is 14.4 Å².